The summed E-state index contributed by atoms with van der Waals surface area (Å²) < 4.78 is 0.885. The predicted octanol–water partition coefficient (Wildman–Crippen LogP) is 3.72. The molecule has 0 bridgehead atoms. The standard InChI is InChI=1S/C18H18BrN3O2/c19-14-5-4-6-15(12-14)21-17(23)13-7-8-20-16(11-13)18(24)22-9-2-1-3-10-22/h4-8,11-12H,1-3,9-10H2,(H,21,23). The van der Waals surface area contributed by atoms with Gasteiger partial charge in [-0.25, -0.2) is 0 Å². The Morgan fingerprint density at radius 2 is 1.88 bits per heavy atom. The fourth-order valence-corrected chi connectivity index (χ4v) is 3.12. The molecular formula is C18H18BrN3O2. The Morgan fingerprint density at radius 1 is 1.08 bits per heavy atom. The van der Waals surface area contributed by atoms with Gasteiger partial charge in [0, 0.05) is 35.0 Å². The van der Waals surface area contributed by atoms with Crippen molar-refractivity contribution in [2.75, 3.05) is 18.4 Å². The first-order valence-corrected chi connectivity index (χ1v) is 8.75. The highest BCUT2D eigenvalue weighted by molar-refractivity contribution is 9.10. The second-order valence-electron chi connectivity index (χ2n) is 5.75. The third-order valence-electron chi connectivity index (χ3n) is 3.97. The molecule has 1 N–H and O–H groups in total. The van der Waals surface area contributed by atoms with Crippen LogP contribution in [0.4, 0.5) is 5.69 Å². The van der Waals surface area contributed by atoms with Gasteiger partial charge in [-0.1, -0.05) is 22.0 Å². The predicted molar refractivity (Wildman–Crippen MR) is 96.1 cm³/mol. The summed E-state index contributed by atoms with van der Waals surface area (Å²) in [7, 11) is 0. The molecule has 1 saturated heterocycles. The van der Waals surface area contributed by atoms with Gasteiger partial charge < -0.3 is 10.2 Å². The number of carbonyl (C=O) groups excluding carboxylic acids is 2. The number of carbonyl (C=O) groups is 2. The van der Waals surface area contributed by atoms with Gasteiger partial charge in [0.15, 0.2) is 0 Å². The number of piperidine rings is 1. The first kappa shape index (κ1) is 16.6. The van der Waals surface area contributed by atoms with E-state index in [-0.39, 0.29) is 11.8 Å². The molecule has 1 aliphatic rings. The van der Waals surface area contributed by atoms with Crippen molar-refractivity contribution in [1.29, 1.82) is 0 Å². The number of pyridine rings is 1. The van der Waals surface area contributed by atoms with Crippen LogP contribution in [-0.4, -0.2) is 34.8 Å². The average Bonchev–Trinajstić information content (AvgIpc) is 2.62. The lowest BCUT2D eigenvalue weighted by molar-refractivity contribution is 0.0718. The Labute approximate surface area is 149 Å². The highest BCUT2D eigenvalue weighted by atomic mass is 79.9. The highest BCUT2D eigenvalue weighted by Gasteiger charge is 2.20. The number of nitrogens with zero attached hydrogens (tertiary/aromatic N) is 2. The molecule has 0 atom stereocenters. The van der Waals surface area contributed by atoms with E-state index < -0.39 is 0 Å². The van der Waals surface area contributed by atoms with Crippen molar-refractivity contribution in [1.82, 2.24) is 9.88 Å². The maximum absolute atomic E-state index is 12.5. The Hall–Kier alpha value is -2.21. The Kier molecular flexibility index (Phi) is 5.25. The van der Waals surface area contributed by atoms with Gasteiger partial charge in [-0.2, -0.15) is 0 Å². The van der Waals surface area contributed by atoms with Crippen LogP contribution in [0.1, 0.15) is 40.1 Å². The Morgan fingerprint density at radius 3 is 2.62 bits per heavy atom. The van der Waals surface area contributed by atoms with Gasteiger partial charge in [0.25, 0.3) is 11.8 Å². The van der Waals surface area contributed by atoms with Crippen LogP contribution in [-0.2, 0) is 0 Å². The molecule has 0 spiro atoms. The molecule has 2 heterocycles. The fourth-order valence-electron chi connectivity index (χ4n) is 2.72. The van der Waals surface area contributed by atoms with Crippen molar-refractivity contribution >= 4 is 33.4 Å². The van der Waals surface area contributed by atoms with Gasteiger partial charge in [-0.3, -0.25) is 14.6 Å². The van der Waals surface area contributed by atoms with Crippen LogP contribution in [0.2, 0.25) is 0 Å². The number of rotatable bonds is 3. The summed E-state index contributed by atoms with van der Waals surface area (Å²) in [6, 6.07) is 10.5. The van der Waals surface area contributed by atoms with Crippen molar-refractivity contribution in [2.45, 2.75) is 19.3 Å². The molecule has 2 aromatic rings. The minimum absolute atomic E-state index is 0.105. The number of hydrogen-bond donors (Lipinski definition) is 1. The van der Waals surface area contributed by atoms with Crippen LogP contribution in [0.25, 0.3) is 0 Å². The van der Waals surface area contributed by atoms with Crippen molar-refractivity contribution in [3.8, 4) is 0 Å². The van der Waals surface area contributed by atoms with E-state index in [1.807, 2.05) is 29.2 Å². The van der Waals surface area contributed by atoms with Crippen molar-refractivity contribution in [3.05, 3.63) is 58.3 Å². The normalized spacial score (nSPS) is 14.3. The molecule has 1 aliphatic heterocycles. The maximum Gasteiger partial charge on any atom is 0.272 e. The molecule has 0 radical (unpaired) electrons. The monoisotopic (exact) mass is 387 g/mol. The zero-order valence-electron chi connectivity index (χ0n) is 13.2. The van der Waals surface area contributed by atoms with E-state index in [4.69, 9.17) is 0 Å². The van der Waals surface area contributed by atoms with Gasteiger partial charge in [0.05, 0.1) is 0 Å². The van der Waals surface area contributed by atoms with E-state index in [0.29, 0.717) is 16.9 Å². The van der Waals surface area contributed by atoms with E-state index in [9.17, 15) is 9.59 Å². The molecule has 0 saturated carbocycles. The molecule has 1 aromatic carbocycles. The molecule has 24 heavy (non-hydrogen) atoms. The van der Waals surface area contributed by atoms with E-state index in [1.165, 1.54) is 6.20 Å². The lowest BCUT2D eigenvalue weighted by Crippen LogP contribution is -2.36. The van der Waals surface area contributed by atoms with Crippen LogP contribution in [0.5, 0.6) is 0 Å². The van der Waals surface area contributed by atoms with Crippen molar-refractivity contribution < 1.29 is 9.59 Å². The second-order valence-corrected chi connectivity index (χ2v) is 6.66. The first-order chi connectivity index (χ1) is 11.6. The summed E-state index contributed by atoms with van der Waals surface area (Å²) in [6.45, 7) is 1.52. The van der Waals surface area contributed by atoms with E-state index in [2.05, 4.69) is 26.2 Å². The zero-order chi connectivity index (χ0) is 16.9. The molecule has 1 aromatic heterocycles. The lowest BCUT2D eigenvalue weighted by Gasteiger charge is -2.26. The minimum Gasteiger partial charge on any atom is -0.337 e. The zero-order valence-corrected chi connectivity index (χ0v) is 14.8. The number of benzene rings is 1. The van der Waals surface area contributed by atoms with Gasteiger partial charge >= 0.3 is 0 Å². The molecule has 2 amide bonds. The lowest BCUT2D eigenvalue weighted by atomic mass is 10.1. The molecule has 1 fully saturated rings. The number of nitrogens with one attached hydrogen (secondary N) is 1. The summed E-state index contributed by atoms with van der Waals surface area (Å²) in [6.07, 6.45) is 4.71. The Bertz CT molecular complexity index is 757. The quantitative estimate of drug-likeness (QED) is 0.872. The third-order valence-corrected chi connectivity index (χ3v) is 4.46. The van der Waals surface area contributed by atoms with E-state index in [0.717, 1.165) is 36.8 Å². The molecule has 5 nitrogen and oxygen atoms in total. The van der Waals surface area contributed by atoms with Crippen LogP contribution in [0.15, 0.2) is 47.1 Å². The number of halogens is 1. The van der Waals surface area contributed by atoms with Crippen LogP contribution >= 0.6 is 15.9 Å². The van der Waals surface area contributed by atoms with Crippen LogP contribution in [0.3, 0.4) is 0 Å². The van der Waals surface area contributed by atoms with Crippen LogP contribution < -0.4 is 5.32 Å². The number of hydrogen-bond acceptors (Lipinski definition) is 3. The average molecular weight is 388 g/mol. The highest BCUT2D eigenvalue weighted by Crippen LogP contribution is 2.17. The summed E-state index contributed by atoms with van der Waals surface area (Å²) in [5, 5.41) is 2.82. The van der Waals surface area contributed by atoms with Crippen molar-refractivity contribution in [3.63, 3.8) is 0 Å². The van der Waals surface area contributed by atoms with E-state index in [1.54, 1.807) is 12.1 Å². The Balaban J connectivity index is 1.74. The maximum atomic E-state index is 12.5. The van der Waals surface area contributed by atoms with E-state index >= 15 is 0 Å². The topological polar surface area (TPSA) is 62.3 Å². The minimum atomic E-state index is -0.261. The summed E-state index contributed by atoms with van der Waals surface area (Å²) in [5.74, 6) is -0.366. The van der Waals surface area contributed by atoms with Gasteiger partial charge in [0.2, 0.25) is 0 Å². The van der Waals surface area contributed by atoms with Gasteiger partial charge in [0.1, 0.15) is 5.69 Å². The number of likely N-dealkylation sites (tertiary alicyclic amines) is 1. The SMILES string of the molecule is O=C(Nc1cccc(Br)c1)c1ccnc(C(=O)N2CCCCC2)c1. The molecule has 124 valence electrons. The summed E-state index contributed by atoms with van der Waals surface area (Å²) in [5.41, 5.74) is 1.43. The molecule has 3 rings (SSSR count). The largest absolute Gasteiger partial charge is 0.337 e. The summed E-state index contributed by atoms with van der Waals surface area (Å²) in [4.78, 5) is 30.8. The fraction of sp³-hybridized carbons (Fsp3) is 0.278. The number of amides is 2. The number of aromatic nitrogens is 1. The van der Waals surface area contributed by atoms with Crippen LogP contribution in [0, 0.1) is 0 Å². The molecule has 0 unspecified atom stereocenters. The summed E-state index contributed by atoms with van der Waals surface area (Å²) >= 11 is 3.37. The first-order valence-electron chi connectivity index (χ1n) is 7.96. The second kappa shape index (κ2) is 7.57. The van der Waals surface area contributed by atoms with Gasteiger partial charge in [-0.05, 0) is 49.6 Å². The molecular weight excluding hydrogens is 370 g/mol. The molecule has 0 aliphatic carbocycles. The molecule has 6 heteroatoms. The van der Waals surface area contributed by atoms with Crippen molar-refractivity contribution in [2.24, 2.45) is 0 Å². The van der Waals surface area contributed by atoms with Gasteiger partial charge in [-0.15, -0.1) is 0 Å². The third kappa shape index (κ3) is 4.00. The number of anilines is 1. The smallest absolute Gasteiger partial charge is 0.272 e.